The standard InChI is InChI=1S/C30H34F2O3/c1-18-13-14-24-21(15-18)25(29(31,32)30(34,35-24)20-11-9-8-10-12-20)19-16-22(27(2,3)4)26(33)23(17-19)28(5,6)7/h8-17,25,33-34H,1-7H3. The number of hydrogen-bond acceptors (Lipinski definition) is 3. The van der Waals surface area contributed by atoms with Crippen molar-refractivity contribution in [3.8, 4) is 11.5 Å². The van der Waals surface area contributed by atoms with Gasteiger partial charge in [-0.05, 0) is 40.5 Å². The number of aryl methyl sites for hydroxylation is 1. The first-order valence-corrected chi connectivity index (χ1v) is 11.9. The second kappa shape index (κ2) is 8.06. The molecule has 0 fully saturated rings. The lowest BCUT2D eigenvalue weighted by Gasteiger charge is -2.45. The summed E-state index contributed by atoms with van der Waals surface area (Å²) in [5, 5.41) is 22.7. The first-order chi connectivity index (χ1) is 16.1. The largest absolute Gasteiger partial charge is 0.507 e. The SMILES string of the molecule is Cc1ccc2c(c1)C(c1cc(C(C)(C)C)c(O)c(C(C)(C)C)c1)C(F)(F)C(O)(c1ccccc1)O2. The molecule has 4 rings (SSSR count). The minimum atomic E-state index is -3.73. The van der Waals surface area contributed by atoms with Crippen LogP contribution in [0.25, 0.3) is 0 Å². The summed E-state index contributed by atoms with van der Waals surface area (Å²) < 4.78 is 38.9. The molecule has 2 N–H and O–H groups in total. The van der Waals surface area contributed by atoms with Gasteiger partial charge in [0.25, 0.3) is 0 Å². The highest BCUT2D eigenvalue weighted by Crippen LogP contribution is 2.57. The lowest BCUT2D eigenvalue weighted by atomic mass is 9.72. The molecule has 0 spiro atoms. The number of halogens is 2. The van der Waals surface area contributed by atoms with Crippen molar-refractivity contribution in [1.29, 1.82) is 0 Å². The van der Waals surface area contributed by atoms with Gasteiger partial charge in [0.05, 0.1) is 5.92 Å². The molecule has 0 amide bonds. The zero-order chi connectivity index (χ0) is 26.0. The van der Waals surface area contributed by atoms with Gasteiger partial charge in [0.15, 0.2) is 0 Å². The van der Waals surface area contributed by atoms with E-state index in [2.05, 4.69) is 0 Å². The molecule has 5 heteroatoms. The van der Waals surface area contributed by atoms with Gasteiger partial charge in [-0.15, -0.1) is 0 Å². The van der Waals surface area contributed by atoms with E-state index in [0.29, 0.717) is 22.3 Å². The summed E-state index contributed by atoms with van der Waals surface area (Å²) in [5.74, 6) is -7.77. The molecule has 1 heterocycles. The Morgan fingerprint density at radius 3 is 1.89 bits per heavy atom. The fourth-order valence-corrected chi connectivity index (χ4v) is 4.88. The fourth-order valence-electron chi connectivity index (χ4n) is 4.88. The Balaban J connectivity index is 2.08. The molecule has 2 atom stereocenters. The van der Waals surface area contributed by atoms with E-state index in [0.717, 1.165) is 5.56 Å². The van der Waals surface area contributed by atoms with E-state index in [9.17, 15) is 10.2 Å². The van der Waals surface area contributed by atoms with Crippen LogP contribution in [-0.2, 0) is 16.6 Å². The van der Waals surface area contributed by atoms with Crippen molar-refractivity contribution >= 4 is 0 Å². The monoisotopic (exact) mass is 480 g/mol. The first-order valence-electron chi connectivity index (χ1n) is 11.9. The van der Waals surface area contributed by atoms with E-state index in [1.807, 2.05) is 48.5 Å². The Morgan fingerprint density at radius 1 is 0.829 bits per heavy atom. The summed E-state index contributed by atoms with van der Waals surface area (Å²) in [5.41, 5.74) is 1.60. The number of aliphatic hydroxyl groups is 1. The zero-order valence-corrected chi connectivity index (χ0v) is 21.4. The van der Waals surface area contributed by atoms with Crippen molar-refractivity contribution in [3.63, 3.8) is 0 Å². The number of hydrogen-bond donors (Lipinski definition) is 2. The summed E-state index contributed by atoms with van der Waals surface area (Å²) in [6.07, 6.45) is 0. The van der Waals surface area contributed by atoms with Crippen molar-refractivity contribution in [3.05, 3.63) is 94.0 Å². The van der Waals surface area contributed by atoms with Gasteiger partial charge in [-0.2, -0.15) is 8.78 Å². The lowest BCUT2D eigenvalue weighted by Crippen LogP contribution is -2.56. The van der Waals surface area contributed by atoms with E-state index in [-0.39, 0.29) is 17.1 Å². The van der Waals surface area contributed by atoms with Gasteiger partial charge in [-0.25, -0.2) is 0 Å². The van der Waals surface area contributed by atoms with Crippen LogP contribution in [0.15, 0.2) is 60.7 Å². The Labute approximate surface area is 206 Å². The van der Waals surface area contributed by atoms with E-state index >= 15 is 8.78 Å². The van der Waals surface area contributed by atoms with Gasteiger partial charge < -0.3 is 14.9 Å². The smallest absolute Gasteiger partial charge is 0.327 e. The number of phenols is 1. The second-order valence-corrected chi connectivity index (χ2v) is 11.7. The normalized spacial score (nSPS) is 21.8. The highest BCUT2D eigenvalue weighted by molar-refractivity contribution is 5.56. The minimum absolute atomic E-state index is 0.0212. The average Bonchev–Trinajstić information content (AvgIpc) is 2.74. The molecule has 3 aromatic rings. The van der Waals surface area contributed by atoms with Gasteiger partial charge in [-0.3, -0.25) is 0 Å². The van der Waals surface area contributed by atoms with E-state index in [1.54, 1.807) is 48.5 Å². The molecular formula is C30H34F2O3. The Morgan fingerprint density at radius 2 is 1.37 bits per heavy atom. The Bertz CT molecular complexity index is 1220. The molecule has 0 aromatic heterocycles. The van der Waals surface area contributed by atoms with Crippen LogP contribution >= 0.6 is 0 Å². The molecule has 0 saturated carbocycles. The van der Waals surface area contributed by atoms with Gasteiger partial charge in [0.1, 0.15) is 11.5 Å². The molecular weight excluding hydrogens is 446 g/mol. The molecule has 1 aliphatic heterocycles. The molecule has 3 nitrogen and oxygen atoms in total. The molecule has 2 unspecified atom stereocenters. The van der Waals surface area contributed by atoms with Crippen LogP contribution in [0.4, 0.5) is 8.78 Å². The third-order valence-electron chi connectivity index (χ3n) is 6.79. The quantitative estimate of drug-likeness (QED) is 0.405. The van der Waals surface area contributed by atoms with Gasteiger partial charge in [-0.1, -0.05) is 102 Å². The van der Waals surface area contributed by atoms with Crippen molar-refractivity contribution in [2.24, 2.45) is 0 Å². The molecule has 0 saturated heterocycles. The number of alkyl halides is 2. The highest BCUT2D eigenvalue weighted by atomic mass is 19.3. The third-order valence-corrected chi connectivity index (χ3v) is 6.79. The van der Waals surface area contributed by atoms with E-state index < -0.39 is 28.5 Å². The highest BCUT2D eigenvalue weighted by Gasteiger charge is 2.65. The maximum absolute atomic E-state index is 16.6. The van der Waals surface area contributed by atoms with Crippen LogP contribution in [0.2, 0.25) is 0 Å². The first kappa shape index (κ1) is 25.2. The summed E-state index contributed by atoms with van der Waals surface area (Å²) in [6.45, 7) is 13.5. The summed E-state index contributed by atoms with van der Waals surface area (Å²) in [4.78, 5) is 0. The maximum Gasteiger partial charge on any atom is 0.327 e. The van der Waals surface area contributed by atoms with E-state index in [1.165, 1.54) is 12.1 Å². The minimum Gasteiger partial charge on any atom is -0.507 e. The van der Waals surface area contributed by atoms with Crippen LogP contribution in [0.5, 0.6) is 11.5 Å². The van der Waals surface area contributed by atoms with Crippen LogP contribution in [-0.4, -0.2) is 16.1 Å². The topological polar surface area (TPSA) is 49.7 Å². The van der Waals surface area contributed by atoms with Crippen LogP contribution in [0.1, 0.15) is 80.8 Å². The number of aromatic hydroxyl groups is 1. The predicted molar refractivity (Wildman–Crippen MR) is 134 cm³/mol. The number of fused-ring (bicyclic) bond motifs is 1. The van der Waals surface area contributed by atoms with Crippen LogP contribution in [0, 0.1) is 6.92 Å². The molecule has 3 aromatic carbocycles. The van der Waals surface area contributed by atoms with Gasteiger partial charge in [0.2, 0.25) is 0 Å². The molecule has 35 heavy (non-hydrogen) atoms. The fraction of sp³-hybridized carbons (Fsp3) is 0.400. The second-order valence-electron chi connectivity index (χ2n) is 11.7. The van der Waals surface area contributed by atoms with Crippen molar-refractivity contribution < 1.29 is 23.7 Å². The number of rotatable bonds is 2. The van der Waals surface area contributed by atoms with E-state index in [4.69, 9.17) is 4.74 Å². The number of ether oxygens (including phenoxy) is 1. The third kappa shape index (κ3) is 4.10. The van der Waals surface area contributed by atoms with Crippen LogP contribution in [0.3, 0.4) is 0 Å². The number of benzene rings is 3. The molecule has 0 aliphatic carbocycles. The zero-order valence-electron chi connectivity index (χ0n) is 21.4. The summed E-state index contributed by atoms with van der Waals surface area (Å²) in [7, 11) is 0. The molecule has 0 bridgehead atoms. The molecule has 186 valence electrons. The predicted octanol–water partition coefficient (Wildman–Crippen LogP) is 7.30. The van der Waals surface area contributed by atoms with Gasteiger partial charge in [0, 0.05) is 11.1 Å². The van der Waals surface area contributed by atoms with Crippen molar-refractivity contribution in [2.45, 2.75) is 76.9 Å². The Hall–Kier alpha value is -2.92. The van der Waals surface area contributed by atoms with Crippen LogP contribution < -0.4 is 4.74 Å². The molecule has 0 radical (unpaired) electrons. The van der Waals surface area contributed by atoms with Crippen molar-refractivity contribution in [2.75, 3.05) is 0 Å². The average molecular weight is 481 g/mol. The van der Waals surface area contributed by atoms with Gasteiger partial charge >= 0.3 is 11.7 Å². The summed E-state index contributed by atoms with van der Waals surface area (Å²) in [6, 6.07) is 16.2. The summed E-state index contributed by atoms with van der Waals surface area (Å²) >= 11 is 0. The molecule has 1 aliphatic rings. The number of phenolic OH excluding ortho intramolecular Hbond substituents is 1. The van der Waals surface area contributed by atoms with Crippen molar-refractivity contribution in [1.82, 2.24) is 0 Å². The lowest BCUT2D eigenvalue weighted by molar-refractivity contribution is -0.303. The Kier molecular flexibility index (Phi) is 5.80. The maximum atomic E-state index is 16.6.